The Hall–Kier alpha value is -1.59. The second kappa shape index (κ2) is 8.64. The average molecular weight is 304 g/mol. The van der Waals surface area contributed by atoms with Crippen molar-refractivity contribution in [2.75, 3.05) is 11.1 Å². The first-order chi connectivity index (χ1) is 9.97. The number of halogens is 3. The standard InChI is InChI=1S/C15H23F3N2O/c1-3-5-7-10(6-4-2)20-13-9-14(21-15(17)18)11(16)8-12(13)19/h8-10,15,20H,3-7,19H2,1-2H3. The van der Waals surface area contributed by atoms with Gasteiger partial charge in [-0.2, -0.15) is 8.78 Å². The molecular weight excluding hydrogens is 281 g/mol. The van der Waals surface area contributed by atoms with Crippen LogP contribution in [0.15, 0.2) is 12.1 Å². The first kappa shape index (κ1) is 17.5. The monoisotopic (exact) mass is 304 g/mol. The molecule has 120 valence electrons. The van der Waals surface area contributed by atoms with Gasteiger partial charge in [-0.25, -0.2) is 4.39 Å². The quantitative estimate of drug-likeness (QED) is 0.645. The molecule has 3 nitrogen and oxygen atoms in total. The average Bonchev–Trinajstić information content (AvgIpc) is 2.41. The highest BCUT2D eigenvalue weighted by Crippen LogP contribution is 2.30. The molecule has 0 saturated heterocycles. The highest BCUT2D eigenvalue weighted by atomic mass is 19.3. The summed E-state index contributed by atoms with van der Waals surface area (Å²) in [6.07, 6.45) is 5.00. The Morgan fingerprint density at radius 2 is 1.90 bits per heavy atom. The van der Waals surface area contributed by atoms with E-state index in [9.17, 15) is 13.2 Å². The van der Waals surface area contributed by atoms with Gasteiger partial charge in [-0.05, 0) is 12.8 Å². The van der Waals surface area contributed by atoms with Crippen LogP contribution in [0.1, 0.15) is 46.0 Å². The first-order valence-electron chi connectivity index (χ1n) is 7.28. The smallest absolute Gasteiger partial charge is 0.387 e. The van der Waals surface area contributed by atoms with Gasteiger partial charge in [0, 0.05) is 18.2 Å². The fraction of sp³-hybridized carbons (Fsp3) is 0.600. The lowest BCUT2D eigenvalue weighted by molar-refractivity contribution is -0.0521. The molecule has 0 amide bonds. The summed E-state index contributed by atoms with van der Waals surface area (Å²) in [6.45, 7) is 1.10. The Morgan fingerprint density at radius 1 is 1.19 bits per heavy atom. The summed E-state index contributed by atoms with van der Waals surface area (Å²) >= 11 is 0. The van der Waals surface area contributed by atoms with Gasteiger partial charge >= 0.3 is 6.61 Å². The predicted molar refractivity (Wildman–Crippen MR) is 79.3 cm³/mol. The van der Waals surface area contributed by atoms with Crippen molar-refractivity contribution in [3.8, 4) is 5.75 Å². The second-order valence-electron chi connectivity index (χ2n) is 5.02. The van der Waals surface area contributed by atoms with E-state index in [4.69, 9.17) is 5.73 Å². The molecule has 0 heterocycles. The van der Waals surface area contributed by atoms with E-state index < -0.39 is 18.2 Å². The molecule has 1 aromatic carbocycles. The Morgan fingerprint density at radius 3 is 2.48 bits per heavy atom. The maximum absolute atomic E-state index is 13.5. The van der Waals surface area contributed by atoms with Gasteiger partial charge in [-0.15, -0.1) is 0 Å². The van der Waals surface area contributed by atoms with Crippen LogP contribution in [0.2, 0.25) is 0 Å². The third-order valence-electron chi connectivity index (χ3n) is 3.22. The minimum atomic E-state index is -3.07. The molecular formula is C15H23F3N2O. The van der Waals surface area contributed by atoms with Gasteiger partial charge in [-0.1, -0.05) is 33.1 Å². The van der Waals surface area contributed by atoms with Gasteiger partial charge in [0.05, 0.1) is 11.4 Å². The number of hydrogen-bond acceptors (Lipinski definition) is 3. The van der Waals surface area contributed by atoms with Gasteiger partial charge in [-0.3, -0.25) is 0 Å². The number of nitrogens with one attached hydrogen (secondary N) is 1. The van der Waals surface area contributed by atoms with Crippen LogP contribution in [0.3, 0.4) is 0 Å². The highest BCUT2D eigenvalue weighted by Gasteiger charge is 2.15. The number of hydrogen-bond donors (Lipinski definition) is 2. The molecule has 0 bridgehead atoms. The number of benzene rings is 1. The number of rotatable bonds is 9. The molecule has 0 aromatic heterocycles. The first-order valence-corrected chi connectivity index (χ1v) is 7.28. The summed E-state index contributed by atoms with van der Waals surface area (Å²) in [6, 6.07) is 2.39. The lowest BCUT2D eigenvalue weighted by atomic mass is 10.0. The third kappa shape index (κ3) is 5.73. The van der Waals surface area contributed by atoms with Crippen molar-refractivity contribution in [2.24, 2.45) is 0 Å². The Kier molecular flexibility index (Phi) is 7.19. The Bertz CT molecular complexity index is 441. The molecule has 0 saturated carbocycles. The summed E-state index contributed by atoms with van der Waals surface area (Å²) in [7, 11) is 0. The number of nitrogens with two attached hydrogens (primary N) is 1. The summed E-state index contributed by atoms with van der Waals surface area (Å²) in [4.78, 5) is 0. The molecule has 1 unspecified atom stereocenters. The zero-order valence-corrected chi connectivity index (χ0v) is 12.5. The molecule has 0 radical (unpaired) electrons. The van der Waals surface area contributed by atoms with Gasteiger partial charge in [0.15, 0.2) is 11.6 Å². The SMILES string of the molecule is CCCCC(CCC)Nc1cc(OC(F)F)c(F)cc1N. The van der Waals surface area contributed by atoms with Crippen molar-refractivity contribution in [2.45, 2.75) is 58.6 Å². The fourth-order valence-electron chi connectivity index (χ4n) is 2.19. The largest absolute Gasteiger partial charge is 0.432 e. The summed E-state index contributed by atoms with van der Waals surface area (Å²) in [5, 5.41) is 3.21. The molecule has 21 heavy (non-hydrogen) atoms. The van der Waals surface area contributed by atoms with E-state index in [-0.39, 0.29) is 11.7 Å². The lowest BCUT2D eigenvalue weighted by Gasteiger charge is -2.21. The van der Waals surface area contributed by atoms with Crippen LogP contribution in [0.4, 0.5) is 24.5 Å². The van der Waals surface area contributed by atoms with Gasteiger partial charge in [0.1, 0.15) is 0 Å². The zero-order chi connectivity index (χ0) is 15.8. The van der Waals surface area contributed by atoms with Crippen LogP contribution in [-0.2, 0) is 0 Å². The highest BCUT2D eigenvalue weighted by molar-refractivity contribution is 5.69. The number of anilines is 2. The van der Waals surface area contributed by atoms with Crippen LogP contribution >= 0.6 is 0 Å². The van der Waals surface area contributed by atoms with Gasteiger partial charge in [0.2, 0.25) is 0 Å². The molecule has 0 fully saturated rings. The number of ether oxygens (including phenoxy) is 1. The van der Waals surface area contributed by atoms with Crippen molar-refractivity contribution in [3.05, 3.63) is 17.9 Å². The molecule has 0 aliphatic heterocycles. The van der Waals surface area contributed by atoms with Crippen molar-refractivity contribution < 1.29 is 17.9 Å². The van der Waals surface area contributed by atoms with E-state index >= 15 is 0 Å². The van der Waals surface area contributed by atoms with E-state index in [0.29, 0.717) is 5.69 Å². The predicted octanol–water partition coefficient (Wildman–Crippen LogP) is 4.78. The molecule has 0 aliphatic rings. The van der Waals surface area contributed by atoms with E-state index in [1.165, 1.54) is 6.07 Å². The van der Waals surface area contributed by atoms with Crippen molar-refractivity contribution in [1.29, 1.82) is 0 Å². The molecule has 6 heteroatoms. The maximum Gasteiger partial charge on any atom is 0.387 e. The Labute approximate surface area is 123 Å². The van der Waals surface area contributed by atoms with Gasteiger partial charge < -0.3 is 15.8 Å². The Balaban J connectivity index is 2.88. The van der Waals surface area contributed by atoms with Crippen LogP contribution in [-0.4, -0.2) is 12.7 Å². The van der Waals surface area contributed by atoms with E-state index in [0.717, 1.165) is 38.2 Å². The second-order valence-corrected chi connectivity index (χ2v) is 5.02. The maximum atomic E-state index is 13.5. The van der Waals surface area contributed by atoms with Crippen LogP contribution in [0, 0.1) is 5.82 Å². The summed E-state index contributed by atoms with van der Waals surface area (Å²) in [5.74, 6) is -1.38. The topological polar surface area (TPSA) is 47.3 Å². The van der Waals surface area contributed by atoms with E-state index in [1.807, 2.05) is 0 Å². The number of alkyl halides is 2. The molecule has 0 aliphatic carbocycles. The van der Waals surface area contributed by atoms with Crippen LogP contribution < -0.4 is 15.8 Å². The van der Waals surface area contributed by atoms with E-state index in [2.05, 4.69) is 23.9 Å². The fourth-order valence-corrected chi connectivity index (χ4v) is 2.19. The normalized spacial score (nSPS) is 12.5. The summed E-state index contributed by atoms with van der Waals surface area (Å²) in [5.41, 5.74) is 6.37. The lowest BCUT2D eigenvalue weighted by Crippen LogP contribution is -2.20. The molecule has 0 spiro atoms. The van der Waals surface area contributed by atoms with Gasteiger partial charge in [0.25, 0.3) is 0 Å². The minimum Gasteiger partial charge on any atom is -0.432 e. The molecule has 1 rings (SSSR count). The third-order valence-corrected chi connectivity index (χ3v) is 3.22. The van der Waals surface area contributed by atoms with Crippen molar-refractivity contribution >= 4 is 11.4 Å². The molecule has 1 aromatic rings. The zero-order valence-electron chi connectivity index (χ0n) is 12.5. The molecule has 1 atom stereocenters. The summed E-state index contributed by atoms with van der Waals surface area (Å²) < 4.78 is 42.2. The minimum absolute atomic E-state index is 0.183. The van der Waals surface area contributed by atoms with Crippen molar-refractivity contribution in [3.63, 3.8) is 0 Å². The molecule has 3 N–H and O–H groups in total. The van der Waals surface area contributed by atoms with Crippen molar-refractivity contribution in [1.82, 2.24) is 0 Å². The van der Waals surface area contributed by atoms with E-state index in [1.54, 1.807) is 0 Å². The van der Waals surface area contributed by atoms with Crippen LogP contribution in [0.5, 0.6) is 5.75 Å². The van der Waals surface area contributed by atoms with Crippen LogP contribution in [0.25, 0.3) is 0 Å². The number of unbranched alkanes of at least 4 members (excludes halogenated alkanes) is 1. The number of nitrogen functional groups attached to an aromatic ring is 1.